The summed E-state index contributed by atoms with van der Waals surface area (Å²) in [5.74, 6) is 1.32. The van der Waals surface area contributed by atoms with Gasteiger partial charge in [0.05, 0.1) is 6.42 Å². The maximum atomic E-state index is 12.6. The minimum atomic E-state index is -0.405. The highest BCUT2D eigenvalue weighted by Crippen LogP contribution is 2.31. The number of amides is 3. The molecule has 1 N–H and O–H groups in total. The van der Waals surface area contributed by atoms with Crippen molar-refractivity contribution in [3.63, 3.8) is 0 Å². The standard InChI is InChI=1S/C19H23N3O5/c23-17-4-2-14(20-17)19(25)22-7-5-21(6-8-22)18(24)12-13-1-3-15-16(11-13)27-10-9-26-15/h1,3,11,14H,2,4-10,12H2,(H,20,23). The summed E-state index contributed by atoms with van der Waals surface area (Å²) in [6, 6.07) is 5.17. The Hall–Kier alpha value is -2.77. The highest BCUT2D eigenvalue weighted by atomic mass is 16.6. The summed E-state index contributed by atoms with van der Waals surface area (Å²) < 4.78 is 11.1. The predicted octanol–water partition coefficient (Wildman–Crippen LogP) is -0.0503. The van der Waals surface area contributed by atoms with Gasteiger partial charge < -0.3 is 24.6 Å². The van der Waals surface area contributed by atoms with E-state index in [2.05, 4.69) is 5.32 Å². The lowest BCUT2D eigenvalue weighted by molar-refractivity contribution is -0.140. The maximum Gasteiger partial charge on any atom is 0.245 e. The van der Waals surface area contributed by atoms with Crippen molar-refractivity contribution < 1.29 is 23.9 Å². The Kier molecular flexibility index (Phi) is 4.87. The van der Waals surface area contributed by atoms with Crippen LogP contribution in [-0.4, -0.2) is 73.0 Å². The number of ether oxygens (including phenoxy) is 2. The average Bonchev–Trinajstić information content (AvgIpc) is 3.14. The van der Waals surface area contributed by atoms with Gasteiger partial charge >= 0.3 is 0 Å². The fourth-order valence-electron chi connectivity index (χ4n) is 3.68. The third-order valence-electron chi connectivity index (χ3n) is 5.20. The van der Waals surface area contributed by atoms with Crippen molar-refractivity contribution in [1.29, 1.82) is 0 Å². The molecule has 144 valence electrons. The lowest BCUT2D eigenvalue weighted by Gasteiger charge is -2.36. The van der Waals surface area contributed by atoms with Gasteiger partial charge in [0.1, 0.15) is 19.3 Å². The molecule has 0 bridgehead atoms. The minimum absolute atomic E-state index is 0.0351. The molecule has 1 atom stereocenters. The van der Waals surface area contributed by atoms with E-state index in [-0.39, 0.29) is 17.7 Å². The Balaban J connectivity index is 1.30. The summed E-state index contributed by atoms with van der Waals surface area (Å²) in [6.07, 6.45) is 1.26. The van der Waals surface area contributed by atoms with E-state index in [0.717, 1.165) is 5.56 Å². The quantitative estimate of drug-likeness (QED) is 0.803. The second kappa shape index (κ2) is 7.46. The van der Waals surface area contributed by atoms with Gasteiger partial charge in [0.2, 0.25) is 17.7 Å². The van der Waals surface area contributed by atoms with Gasteiger partial charge in [0.25, 0.3) is 0 Å². The van der Waals surface area contributed by atoms with Crippen LogP contribution >= 0.6 is 0 Å². The molecule has 0 spiro atoms. The molecule has 1 aromatic carbocycles. The normalized spacial score (nSPS) is 21.8. The van der Waals surface area contributed by atoms with E-state index < -0.39 is 6.04 Å². The molecular formula is C19H23N3O5. The Bertz CT molecular complexity index is 758. The molecule has 3 aliphatic heterocycles. The summed E-state index contributed by atoms with van der Waals surface area (Å²) in [4.78, 5) is 39.9. The SMILES string of the molecule is O=C1CCC(C(=O)N2CCN(C(=O)Cc3ccc4c(c3)OCCO4)CC2)N1. The van der Waals surface area contributed by atoms with E-state index in [9.17, 15) is 14.4 Å². The van der Waals surface area contributed by atoms with Crippen LogP contribution in [0.2, 0.25) is 0 Å². The Morgan fingerprint density at radius 3 is 2.44 bits per heavy atom. The van der Waals surface area contributed by atoms with Crippen molar-refractivity contribution in [2.45, 2.75) is 25.3 Å². The number of carbonyl (C=O) groups excluding carboxylic acids is 3. The molecule has 2 fully saturated rings. The number of carbonyl (C=O) groups is 3. The number of hydrogen-bond acceptors (Lipinski definition) is 5. The largest absolute Gasteiger partial charge is 0.486 e. The molecule has 2 saturated heterocycles. The zero-order chi connectivity index (χ0) is 18.8. The number of benzene rings is 1. The van der Waals surface area contributed by atoms with Crippen LogP contribution in [0.15, 0.2) is 18.2 Å². The molecule has 4 rings (SSSR count). The third kappa shape index (κ3) is 3.84. The van der Waals surface area contributed by atoms with Crippen molar-refractivity contribution in [3.05, 3.63) is 23.8 Å². The van der Waals surface area contributed by atoms with E-state index in [1.807, 2.05) is 18.2 Å². The number of piperazine rings is 1. The summed E-state index contributed by atoms with van der Waals surface area (Å²) in [5, 5.41) is 2.71. The van der Waals surface area contributed by atoms with Crippen LogP contribution in [0.1, 0.15) is 18.4 Å². The van der Waals surface area contributed by atoms with Gasteiger partial charge in [-0.2, -0.15) is 0 Å². The molecule has 3 aliphatic rings. The summed E-state index contributed by atoms with van der Waals surface area (Å²) in [6.45, 7) is 3.07. The Labute approximate surface area is 157 Å². The number of rotatable bonds is 3. The van der Waals surface area contributed by atoms with E-state index >= 15 is 0 Å². The molecule has 3 heterocycles. The lowest BCUT2D eigenvalue weighted by atomic mass is 10.1. The fraction of sp³-hybridized carbons (Fsp3) is 0.526. The summed E-state index contributed by atoms with van der Waals surface area (Å²) >= 11 is 0. The molecule has 0 aliphatic carbocycles. The van der Waals surface area contributed by atoms with Gasteiger partial charge in [0.15, 0.2) is 11.5 Å². The third-order valence-corrected chi connectivity index (χ3v) is 5.20. The second-order valence-corrected chi connectivity index (χ2v) is 7.02. The van der Waals surface area contributed by atoms with Gasteiger partial charge in [-0.15, -0.1) is 0 Å². The first-order valence-electron chi connectivity index (χ1n) is 9.34. The first-order valence-corrected chi connectivity index (χ1v) is 9.34. The van der Waals surface area contributed by atoms with Crippen molar-refractivity contribution in [1.82, 2.24) is 15.1 Å². The smallest absolute Gasteiger partial charge is 0.245 e. The monoisotopic (exact) mass is 373 g/mol. The Morgan fingerprint density at radius 1 is 1.04 bits per heavy atom. The highest BCUT2D eigenvalue weighted by molar-refractivity contribution is 5.91. The molecule has 8 nitrogen and oxygen atoms in total. The van der Waals surface area contributed by atoms with Crippen LogP contribution in [0.4, 0.5) is 0 Å². The molecule has 0 radical (unpaired) electrons. The van der Waals surface area contributed by atoms with Crippen LogP contribution in [0.25, 0.3) is 0 Å². The second-order valence-electron chi connectivity index (χ2n) is 7.02. The van der Waals surface area contributed by atoms with Crippen LogP contribution in [0.5, 0.6) is 11.5 Å². The van der Waals surface area contributed by atoms with Gasteiger partial charge in [-0.05, 0) is 24.1 Å². The molecule has 1 aromatic rings. The van der Waals surface area contributed by atoms with E-state index in [4.69, 9.17) is 9.47 Å². The highest BCUT2D eigenvalue weighted by Gasteiger charge is 2.33. The minimum Gasteiger partial charge on any atom is -0.486 e. The zero-order valence-corrected chi connectivity index (χ0v) is 15.1. The van der Waals surface area contributed by atoms with Crippen molar-refractivity contribution in [2.24, 2.45) is 0 Å². The lowest BCUT2D eigenvalue weighted by Crippen LogP contribution is -2.54. The molecule has 27 heavy (non-hydrogen) atoms. The zero-order valence-electron chi connectivity index (χ0n) is 15.1. The van der Waals surface area contributed by atoms with Gasteiger partial charge in [-0.25, -0.2) is 0 Å². The van der Waals surface area contributed by atoms with E-state index in [1.54, 1.807) is 9.80 Å². The van der Waals surface area contributed by atoms with Gasteiger partial charge in [0, 0.05) is 32.6 Å². The molecule has 0 saturated carbocycles. The molecule has 1 unspecified atom stereocenters. The molecule has 0 aromatic heterocycles. The number of hydrogen-bond donors (Lipinski definition) is 1. The first-order chi connectivity index (χ1) is 13.1. The van der Waals surface area contributed by atoms with Gasteiger partial charge in [-0.3, -0.25) is 14.4 Å². The first kappa shape index (κ1) is 17.6. The Morgan fingerprint density at radius 2 is 1.74 bits per heavy atom. The number of nitrogens with zero attached hydrogens (tertiary/aromatic N) is 2. The van der Waals surface area contributed by atoms with E-state index in [1.165, 1.54) is 0 Å². The average molecular weight is 373 g/mol. The molecule has 3 amide bonds. The molecular weight excluding hydrogens is 350 g/mol. The van der Waals surface area contributed by atoms with Crippen molar-refractivity contribution in [2.75, 3.05) is 39.4 Å². The van der Waals surface area contributed by atoms with Crippen LogP contribution in [0.3, 0.4) is 0 Å². The topological polar surface area (TPSA) is 88.2 Å². The van der Waals surface area contributed by atoms with Crippen LogP contribution in [-0.2, 0) is 20.8 Å². The van der Waals surface area contributed by atoms with Crippen molar-refractivity contribution in [3.8, 4) is 11.5 Å². The number of nitrogens with one attached hydrogen (secondary N) is 1. The fourth-order valence-corrected chi connectivity index (χ4v) is 3.68. The number of fused-ring (bicyclic) bond motifs is 1. The molecule has 8 heteroatoms. The van der Waals surface area contributed by atoms with Gasteiger partial charge in [-0.1, -0.05) is 6.07 Å². The summed E-state index contributed by atoms with van der Waals surface area (Å²) in [7, 11) is 0. The predicted molar refractivity (Wildman–Crippen MR) is 95.5 cm³/mol. The van der Waals surface area contributed by atoms with Crippen LogP contribution < -0.4 is 14.8 Å². The summed E-state index contributed by atoms with van der Waals surface area (Å²) in [5.41, 5.74) is 0.886. The van der Waals surface area contributed by atoms with Crippen molar-refractivity contribution >= 4 is 17.7 Å². The van der Waals surface area contributed by atoms with E-state index in [0.29, 0.717) is 70.2 Å². The van der Waals surface area contributed by atoms with Crippen LogP contribution in [0, 0.1) is 0 Å². The maximum absolute atomic E-state index is 12.6.